The van der Waals surface area contributed by atoms with Crippen LogP contribution in [0.3, 0.4) is 0 Å². The van der Waals surface area contributed by atoms with E-state index in [4.69, 9.17) is 9.47 Å². The van der Waals surface area contributed by atoms with Crippen LogP contribution in [0.2, 0.25) is 0 Å². The van der Waals surface area contributed by atoms with Crippen LogP contribution in [0.5, 0.6) is 11.8 Å². The van der Waals surface area contributed by atoms with Crippen LogP contribution >= 0.6 is 15.9 Å². The van der Waals surface area contributed by atoms with Crippen molar-refractivity contribution >= 4 is 15.9 Å². The first-order valence-corrected chi connectivity index (χ1v) is 7.35. The second kappa shape index (κ2) is 7.38. The van der Waals surface area contributed by atoms with Crippen LogP contribution in [0.4, 0.5) is 0 Å². The summed E-state index contributed by atoms with van der Waals surface area (Å²) in [4.78, 5) is 8.22. The number of ether oxygens (including phenoxy) is 2. The third kappa shape index (κ3) is 3.92. The molecule has 0 aliphatic heterocycles. The molecule has 1 N–H and O–H groups in total. The quantitative estimate of drug-likeness (QED) is 0.866. The van der Waals surface area contributed by atoms with Crippen LogP contribution in [0.1, 0.15) is 24.1 Å². The number of aromatic nitrogens is 2. The maximum absolute atomic E-state index is 5.27. The molecule has 6 heteroatoms. The van der Waals surface area contributed by atoms with E-state index in [0.29, 0.717) is 18.3 Å². The van der Waals surface area contributed by atoms with Crippen molar-refractivity contribution in [3.8, 4) is 11.8 Å². The lowest BCUT2D eigenvalue weighted by molar-refractivity contribution is 0.357. The number of benzene rings is 1. The maximum atomic E-state index is 5.27. The van der Waals surface area contributed by atoms with Gasteiger partial charge in [-0.15, -0.1) is 0 Å². The number of hydrogen-bond acceptors (Lipinski definition) is 5. The van der Waals surface area contributed by atoms with Gasteiger partial charge in [0.05, 0.1) is 19.8 Å². The topological polar surface area (TPSA) is 56.3 Å². The van der Waals surface area contributed by atoms with E-state index in [1.165, 1.54) is 11.9 Å². The zero-order chi connectivity index (χ0) is 15.2. The van der Waals surface area contributed by atoms with Gasteiger partial charge in [0, 0.05) is 17.1 Å². The molecule has 112 valence electrons. The summed E-state index contributed by atoms with van der Waals surface area (Å²) in [5.74, 6) is 1.05. The molecule has 21 heavy (non-hydrogen) atoms. The van der Waals surface area contributed by atoms with Gasteiger partial charge in [-0.1, -0.05) is 28.1 Å². The van der Waals surface area contributed by atoms with Crippen molar-refractivity contribution in [2.24, 2.45) is 0 Å². The summed E-state index contributed by atoms with van der Waals surface area (Å²) in [6.45, 7) is 2.66. The van der Waals surface area contributed by atoms with Crippen LogP contribution < -0.4 is 14.8 Å². The molecule has 2 aromatic rings. The Morgan fingerprint density at radius 3 is 2.43 bits per heavy atom. The molecule has 0 aliphatic rings. The zero-order valence-electron chi connectivity index (χ0n) is 12.3. The van der Waals surface area contributed by atoms with Gasteiger partial charge in [0.2, 0.25) is 11.8 Å². The zero-order valence-corrected chi connectivity index (χ0v) is 13.8. The first-order chi connectivity index (χ1) is 10.2. The molecule has 0 amide bonds. The van der Waals surface area contributed by atoms with Crippen molar-refractivity contribution in [3.05, 3.63) is 46.2 Å². The molecule has 0 unspecified atom stereocenters. The molecule has 0 aliphatic carbocycles. The molecule has 1 aromatic heterocycles. The van der Waals surface area contributed by atoms with Crippen LogP contribution in [0.25, 0.3) is 0 Å². The molecular formula is C15H18BrN3O2. The summed E-state index contributed by atoms with van der Waals surface area (Å²) in [5, 5.41) is 3.43. The molecule has 0 spiro atoms. The molecule has 0 saturated carbocycles. The standard InChI is InChI=1S/C15H18BrN3O2/c1-10(11-5-4-6-12(16)7-11)17-8-13-14(20-2)18-9-19-15(13)21-3/h4-7,9-10,17H,8H2,1-3H3/t10-/m0/s1. The van der Waals surface area contributed by atoms with E-state index >= 15 is 0 Å². The molecule has 0 saturated heterocycles. The van der Waals surface area contributed by atoms with Crippen LogP contribution in [-0.2, 0) is 6.54 Å². The molecule has 0 fully saturated rings. The van der Waals surface area contributed by atoms with E-state index in [2.05, 4.69) is 50.3 Å². The van der Waals surface area contributed by atoms with Crippen molar-refractivity contribution in [3.63, 3.8) is 0 Å². The predicted molar refractivity (Wildman–Crippen MR) is 84.5 cm³/mol. The molecule has 1 heterocycles. The highest BCUT2D eigenvalue weighted by Gasteiger charge is 2.14. The Morgan fingerprint density at radius 1 is 1.19 bits per heavy atom. The number of rotatable bonds is 6. The molecule has 5 nitrogen and oxygen atoms in total. The van der Waals surface area contributed by atoms with Gasteiger partial charge in [0.25, 0.3) is 0 Å². The minimum Gasteiger partial charge on any atom is -0.481 e. The molecule has 1 aromatic carbocycles. The third-order valence-electron chi connectivity index (χ3n) is 3.19. The van der Waals surface area contributed by atoms with Crippen molar-refractivity contribution in [2.75, 3.05) is 14.2 Å². The summed E-state index contributed by atoms with van der Waals surface area (Å²) >= 11 is 3.48. The van der Waals surface area contributed by atoms with Gasteiger partial charge in [0.15, 0.2) is 0 Å². The average Bonchev–Trinajstić information content (AvgIpc) is 2.52. The second-order valence-electron chi connectivity index (χ2n) is 4.53. The number of nitrogens with one attached hydrogen (secondary N) is 1. The van der Waals surface area contributed by atoms with Crippen molar-refractivity contribution < 1.29 is 9.47 Å². The van der Waals surface area contributed by atoms with Crippen LogP contribution in [0.15, 0.2) is 35.1 Å². The number of nitrogens with zero attached hydrogens (tertiary/aromatic N) is 2. The van der Waals surface area contributed by atoms with Gasteiger partial charge >= 0.3 is 0 Å². The summed E-state index contributed by atoms with van der Waals surface area (Å²) in [6.07, 6.45) is 1.43. The number of halogens is 1. The SMILES string of the molecule is COc1ncnc(OC)c1CN[C@@H](C)c1cccc(Br)c1. The third-order valence-corrected chi connectivity index (χ3v) is 3.68. The minimum atomic E-state index is 0.178. The fourth-order valence-electron chi connectivity index (χ4n) is 2.03. The van der Waals surface area contributed by atoms with Crippen molar-refractivity contribution in [1.82, 2.24) is 15.3 Å². The minimum absolute atomic E-state index is 0.178. The van der Waals surface area contributed by atoms with Gasteiger partial charge in [0.1, 0.15) is 6.33 Å². The molecule has 2 rings (SSSR count). The highest BCUT2D eigenvalue weighted by molar-refractivity contribution is 9.10. The summed E-state index contributed by atoms with van der Waals surface area (Å²) in [5.41, 5.74) is 2.00. The van der Waals surface area contributed by atoms with Gasteiger partial charge in [-0.2, -0.15) is 0 Å². The first-order valence-electron chi connectivity index (χ1n) is 6.56. The van der Waals surface area contributed by atoms with E-state index in [0.717, 1.165) is 10.0 Å². The van der Waals surface area contributed by atoms with Gasteiger partial charge < -0.3 is 14.8 Å². The Labute approximate surface area is 132 Å². The Bertz CT molecular complexity index is 585. The van der Waals surface area contributed by atoms with Gasteiger partial charge in [-0.25, -0.2) is 9.97 Å². The van der Waals surface area contributed by atoms with Gasteiger partial charge in [-0.05, 0) is 24.6 Å². The Balaban J connectivity index is 2.12. The maximum Gasteiger partial charge on any atom is 0.224 e. The normalized spacial score (nSPS) is 12.0. The lowest BCUT2D eigenvalue weighted by atomic mass is 10.1. The van der Waals surface area contributed by atoms with E-state index in [9.17, 15) is 0 Å². The van der Waals surface area contributed by atoms with E-state index in [-0.39, 0.29) is 6.04 Å². The smallest absolute Gasteiger partial charge is 0.224 e. The molecule has 0 radical (unpaired) electrons. The summed E-state index contributed by atoms with van der Waals surface area (Å²) in [7, 11) is 3.17. The predicted octanol–water partition coefficient (Wildman–Crippen LogP) is 3.11. The van der Waals surface area contributed by atoms with Crippen molar-refractivity contribution in [1.29, 1.82) is 0 Å². The van der Waals surface area contributed by atoms with Gasteiger partial charge in [-0.3, -0.25) is 0 Å². The number of hydrogen-bond donors (Lipinski definition) is 1. The molecule has 0 bridgehead atoms. The Morgan fingerprint density at radius 2 is 1.86 bits per heavy atom. The average molecular weight is 352 g/mol. The Hall–Kier alpha value is -1.66. The fraction of sp³-hybridized carbons (Fsp3) is 0.333. The monoisotopic (exact) mass is 351 g/mol. The highest BCUT2D eigenvalue weighted by Crippen LogP contribution is 2.24. The molecule has 1 atom stereocenters. The Kier molecular flexibility index (Phi) is 5.52. The fourth-order valence-corrected chi connectivity index (χ4v) is 2.45. The second-order valence-corrected chi connectivity index (χ2v) is 5.44. The number of methoxy groups -OCH3 is 2. The largest absolute Gasteiger partial charge is 0.481 e. The first kappa shape index (κ1) is 15.7. The summed E-state index contributed by atoms with van der Waals surface area (Å²) < 4.78 is 11.6. The van der Waals surface area contributed by atoms with E-state index in [1.54, 1.807) is 14.2 Å². The lowest BCUT2D eigenvalue weighted by Crippen LogP contribution is -2.19. The van der Waals surface area contributed by atoms with E-state index < -0.39 is 0 Å². The van der Waals surface area contributed by atoms with Crippen molar-refractivity contribution in [2.45, 2.75) is 19.5 Å². The van der Waals surface area contributed by atoms with Crippen LogP contribution in [0, 0.1) is 0 Å². The lowest BCUT2D eigenvalue weighted by Gasteiger charge is -2.16. The molecular weight excluding hydrogens is 334 g/mol. The van der Waals surface area contributed by atoms with E-state index in [1.807, 2.05) is 12.1 Å². The van der Waals surface area contributed by atoms with Crippen LogP contribution in [-0.4, -0.2) is 24.2 Å². The highest BCUT2D eigenvalue weighted by atomic mass is 79.9. The summed E-state index contributed by atoms with van der Waals surface area (Å²) in [6, 6.07) is 8.38.